The molecule has 2 aliphatic rings. The Morgan fingerprint density at radius 2 is 2.12 bits per heavy atom. The van der Waals surface area contributed by atoms with E-state index in [4.69, 9.17) is 9.73 Å². The number of likely N-dealkylation sites (tertiary alicyclic amines) is 1. The van der Waals surface area contributed by atoms with Crippen molar-refractivity contribution in [3.8, 4) is 0 Å². The van der Waals surface area contributed by atoms with Crippen molar-refractivity contribution in [2.75, 3.05) is 46.4 Å². The Kier molecular flexibility index (Phi) is 8.69. The average Bonchev–Trinajstić information content (AvgIpc) is 2.60. The normalized spacial score (nSPS) is 22.7. The van der Waals surface area contributed by atoms with Gasteiger partial charge in [0.1, 0.15) is 0 Å². The van der Waals surface area contributed by atoms with Gasteiger partial charge in [-0.2, -0.15) is 0 Å². The number of carbonyl (C=O) groups is 1. The molecule has 0 radical (unpaired) electrons. The summed E-state index contributed by atoms with van der Waals surface area (Å²) in [7, 11) is 1.77. The molecule has 1 amide bonds. The van der Waals surface area contributed by atoms with Gasteiger partial charge in [-0.1, -0.05) is 13.3 Å². The first-order chi connectivity index (χ1) is 12.6. The van der Waals surface area contributed by atoms with E-state index >= 15 is 0 Å². The number of hydrogen-bond acceptors (Lipinski definition) is 3. The number of piperidine rings is 1. The van der Waals surface area contributed by atoms with Gasteiger partial charge < -0.3 is 20.3 Å². The summed E-state index contributed by atoms with van der Waals surface area (Å²) < 4.78 is 5.26. The fourth-order valence-electron chi connectivity index (χ4n) is 3.93. The van der Waals surface area contributed by atoms with Gasteiger partial charge in [0.15, 0.2) is 5.96 Å². The van der Waals surface area contributed by atoms with Crippen LogP contribution in [-0.2, 0) is 9.53 Å². The number of ether oxygens (including phenoxy) is 1. The van der Waals surface area contributed by atoms with Gasteiger partial charge in [-0.05, 0) is 50.4 Å². The van der Waals surface area contributed by atoms with E-state index in [1.54, 1.807) is 7.11 Å². The standard InChI is InChI=1S/C20H38N4O2/c1-4-21-19(23-16-20(9-6-10-20)11-14-26-3)22-12-8-18(25)24-13-5-7-17(2)15-24/h17H,4-16H2,1-3H3,(H2,21,22,23). The molecule has 2 fully saturated rings. The maximum Gasteiger partial charge on any atom is 0.224 e. The third kappa shape index (κ3) is 6.45. The molecule has 0 aromatic rings. The van der Waals surface area contributed by atoms with Crippen molar-refractivity contribution < 1.29 is 9.53 Å². The van der Waals surface area contributed by atoms with Crippen molar-refractivity contribution in [2.45, 2.75) is 58.8 Å². The van der Waals surface area contributed by atoms with Crippen molar-refractivity contribution in [3.05, 3.63) is 0 Å². The summed E-state index contributed by atoms with van der Waals surface area (Å²) in [4.78, 5) is 19.2. The number of carbonyl (C=O) groups excluding carboxylic acids is 1. The van der Waals surface area contributed by atoms with E-state index in [0.717, 1.165) is 51.6 Å². The third-order valence-corrected chi connectivity index (χ3v) is 5.81. The Morgan fingerprint density at radius 3 is 2.73 bits per heavy atom. The Bertz CT molecular complexity index is 463. The molecule has 6 heteroatoms. The van der Waals surface area contributed by atoms with Crippen molar-refractivity contribution in [1.82, 2.24) is 15.5 Å². The Morgan fingerprint density at radius 1 is 1.31 bits per heavy atom. The number of methoxy groups -OCH3 is 1. The van der Waals surface area contributed by atoms with Crippen LogP contribution >= 0.6 is 0 Å². The van der Waals surface area contributed by atoms with Crippen LogP contribution in [0.25, 0.3) is 0 Å². The van der Waals surface area contributed by atoms with Crippen LogP contribution < -0.4 is 10.6 Å². The molecule has 2 N–H and O–H groups in total. The van der Waals surface area contributed by atoms with E-state index < -0.39 is 0 Å². The van der Waals surface area contributed by atoms with E-state index in [0.29, 0.717) is 24.3 Å². The van der Waals surface area contributed by atoms with Crippen LogP contribution in [-0.4, -0.2) is 63.2 Å². The summed E-state index contributed by atoms with van der Waals surface area (Å²) >= 11 is 0. The average molecular weight is 367 g/mol. The minimum absolute atomic E-state index is 0.260. The molecule has 26 heavy (non-hydrogen) atoms. The molecule has 1 aliphatic carbocycles. The lowest BCUT2D eigenvalue weighted by Crippen LogP contribution is -2.43. The quantitative estimate of drug-likeness (QED) is 0.486. The second kappa shape index (κ2) is 10.8. The SMILES string of the molecule is CCNC(=NCC1(CCOC)CCC1)NCCC(=O)N1CCCC(C)C1. The molecule has 1 saturated heterocycles. The highest BCUT2D eigenvalue weighted by atomic mass is 16.5. The molecule has 1 atom stereocenters. The summed E-state index contributed by atoms with van der Waals surface area (Å²) in [6.45, 7) is 9.24. The minimum Gasteiger partial charge on any atom is -0.385 e. The molecular formula is C20H38N4O2. The number of nitrogens with one attached hydrogen (secondary N) is 2. The molecule has 6 nitrogen and oxygen atoms in total. The van der Waals surface area contributed by atoms with Gasteiger partial charge in [0.2, 0.25) is 5.91 Å². The van der Waals surface area contributed by atoms with Crippen LogP contribution in [0.2, 0.25) is 0 Å². The smallest absolute Gasteiger partial charge is 0.224 e. The maximum absolute atomic E-state index is 12.4. The highest BCUT2D eigenvalue weighted by Crippen LogP contribution is 2.44. The number of aliphatic imine (C=N–C) groups is 1. The van der Waals surface area contributed by atoms with Crippen LogP contribution in [0.15, 0.2) is 4.99 Å². The first-order valence-corrected chi connectivity index (χ1v) is 10.4. The van der Waals surface area contributed by atoms with Crippen molar-refractivity contribution in [2.24, 2.45) is 16.3 Å². The van der Waals surface area contributed by atoms with Gasteiger partial charge in [0.05, 0.1) is 0 Å². The molecule has 1 saturated carbocycles. The van der Waals surface area contributed by atoms with Crippen molar-refractivity contribution in [3.63, 3.8) is 0 Å². The number of rotatable bonds is 9. The van der Waals surface area contributed by atoms with Crippen LogP contribution in [0.5, 0.6) is 0 Å². The van der Waals surface area contributed by atoms with Crippen LogP contribution in [0, 0.1) is 11.3 Å². The minimum atomic E-state index is 0.260. The summed E-state index contributed by atoms with van der Waals surface area (Å²) in [6.07, 6.45) is 7.77. The van der Waals surface area contributed by atoms with Gasteiger partial charge in [0, 0.05) is 52.9 Å². The zero-order chi connectivity index (χ0) is 18.8. The van der Waals surface area contributed by atoms with Gasteiger partial charge in [-0.25, -0.2) is 0 Å². The lowest BCUT2D eigenvalue weighted by atomic mass is 9.67. The number of hydrogen-bond donors (Lipinski definition) is 2. The fraction of sp³-hybridized carbons (Fsp3) is 0.900. The number of nitrogens with zero attached hydrogens (tertiary/aromatic N) is 2. The summed E-state index contributed by atoms with van der Waals surface area (Å²) in [5, 5.41) is 6.64. The van der Waals surface area contributed by atoms with Crippen molar-refractivity contribution >= 4 is 11.9 Å². The monoisotopic (exact) mass is 366 g/mol. The molecule has 0 aromatic carbocycles. The van der Waals surface area contributed by atoms with Gasteiger partial charge in [-0.3, -0.25) is 9.79 Å². The number of amides is 1. The van der Waals surface area contributed by atoms with E-state index in [1.807, 2.05) is 4.90 Å². The molecule has 2 rings (SSSR count). The predicted molar refractivity (Wildman–Crippen MR) is 106 cm³/mol. The van der Waals surface area contributed by atoms with Gasteiger partial charge in [0.25, 0.3) is 0 Å². The zero-order valence-electron chi connectivity index (χ0n) is 17.0. The largest absolute Gasteiger partial charge is 0.385 e. The highest BCUT2D eigenvalue weighted by Gasteiger charge is 2.36. The van der Waals surface area contributed by atoms with E-state index in [1.165, 1.54) is 25.7 Å². The zero-order valence-corrected chi connectivity index (χ0v) is 17.0. The predicted octanol–water partition coefficient (Wildman–Crippen LogP) is 2.40. The lowest BCUT2D eigenvalue weighted by Gasteiger charge is -2.40. The van der Waals surface area contributed by atoms with Gasteiger partial charge >= 0.3 is 0 Å². The summed E-state index contributed by atoms with van der Waals surface area (Å²) in [5.41, 5.74) is 0.318. The topological polar surface area (TPSA) is 66.0 Å². The van der Waals surface area contributed by atoms with Crippen LogP contribution in [0.4, 0.5) is 0 Å². The fourth-order valence-corrected chi connectivity index (χ4v) is 3.93. The highest BCUT2D eigenvalue weighted by molar-refractivity contribution is 5.81. The van der Waals surface area contributed by atoms with Crippen LogP contribution in [0.1, 0.15) is 58.8 Å². The molecular weight excluding hydrogens is 328 g/mol. The first-order valence-electron chi connectivity index (χ1n) is 10.4. The van der Waals surface area contributed by atoms with Gasteiger partial charge in [-0.15, -0.1) is 0 Å². The molecule has 1 aliphatic heterocycles. The maximum atomic E-state index is 12.4. The molecule has 0 spiro atoms. The summed E-state index contributed by atoms with van der Waals surface area (Å²) in [6, 6.07) is 0. The molecule has 1 unspecified atom stereocenters. The van der Waals surface area contributed by atoms with E-state index in [9.17, 15) is 4.79 Å². The molecule has 1 heterocycles. The molecule has 0 bridgehead atoms. The first kappa shape index (κ1) is 21.0. The second-order valence-corrected chi connectivity index (χ2v) is 8.06. The van der Waals surface area contributed by atoms with E-state index in [-0.39, 0.29) is 5.91 Å². The Balaban J connectivity index is 1.77. The summed E-state index contributed by atoms with van der Waals surface area (Å²) in [5.74, 6) is 1.72. The van der Waals surface area contributed by atoms with Crippen molar-refractivity contribution in [1.29, 1.82) is 0 Å². The Labute approximate surface area is 159 Å². The third-order valence-electron chi connectivity index (χ3n) is 5.81. The van der Waals surface area contributed by atoms with E-state index in [2.05, 4.69) is 24.5 Å². The lowest BCUT2D eigenvalue weighted by molar-refractivity contribution is -0.132. The molecule has 150 valence electrons. The second-order valence-electron chi connectivity index (χ2n) is 8.06. The Hall–Kier alpha value is -1.30. The van der Waals surface area contributed by atoms with Crippen LogP contribution in [0.3, 0.4) is 0 Å². The number of guanidine groups is 1. The molecule has 0 aromatic heterocycles.